The predicted octanol–water partition coefficient (Wildman–Crippen LogP) is 1.08. The number of rotatable bonds is 4. The lowest BCUT2D eigenvalue weighted by Gasteiger charge is -1.99. The molecule has 12 heavy (non-hydrogen) atoms. The fraction of sp³-hybridized carbons (Fsp3) is 0.500. The van der Waals surface area contributed by atoms with Gasteiger partial charge in [-0.3, -0.25) is 0 Å². The van der Waals surface area contributed by atoms with Gasteiger partial charge < -0.3 is 4.74 Å². The summed E-state index contributed by atoms with van der Waals surface area (Å²) in [5, 5.41) is 0. The van der Waals surface area contributed by atoms with Gasteiger partial charge in [-0.2, -0.15) is 0 Å². The Morgan fingerprint density at radius 2 is 2.25 bits per heavy atom. The normalized spacial score (nSPS) is 7.42. The summed E-state index contributed by atoms with van der Waals surface area (Å²) in [5.74, 6) is -0.467. The molecule has 68 valence electrons. The van der Waals surface area contributed by atoms with Crippen molar-refractivity contribution in [1.82, 2.24) is 0 Å². The van der Waals surface area contributed by atoms with Gasteiger partial charge in [-0.1, -0.05) is 14.0 Å². The van der Waals surface area contributed by atoms with Crippen LogP contribution in [0.15, 0.2) is 17.1 Å². The van der Waals surface area contributed by atoms with Crippen LogP contribution in [0.3, 0.4) is 0 Å². The highest BCUT2D eigenvalue weighted by molar-refractivity contribution is 5.86. The van der Waals surface area contributed by atoms with Crippen molar-refractivity contribution in [1.29, 1.82) is 0 Å². The number of isocyanates is 1. The van der Waals surface area contributed by atoms with E-state index in [0.29, 0.717) is 5.57 Å². The Balaban J connectivity index is 0. The van der Waals surface area contributed by atoms with Crippen LogP contribution in [0.2, 0.25) is 0 Å². The molecule has 4 heteroatoms. The second-order valence-corrected chi connectivity index (χ2v) is 1.89. The number of hydrogen-bond acceptors (Lipinski definition) is 4. The third kappa shape index (κ3) is 6.71. The summed E-state index contributed by atoms with van der Waals surface area (Å²) in [6.07, 6.45) is 1.33. The van der Waals surface area contributed by atoms with Crippen LogP contribution >= 0.6 is 0 Å². The first-order valence-corrected chi connectivity index (χ1v) is 3.04. The molecule has 0 N–H and O–H groups in total. The van der Waals surface area contributed by atoms with E-state index in [1.807, 2.05) is 0 Å². The number of hydrogen-bond donors (Lipinski definition) is 0. The van der Waals surface area contributed by atoms with Crippen LogP contribution in [0.25, 0.3) is 0 Å². The minimum Gasteiger partial charge on any atom is -0.460 e. The number of ether oxygens (including phenoxy) is 1. The van der Waals surface area contributed by atoms with Crippen LogP contribution in [0.1, 0.15) is 14.4 Å². The SMILES string of the molecule is C.C=C(C)C(=O)OCCN=C=O. The third-order valence-electron chi connectivity index (χ3n) is 0.849. The molecule has 0 spiro atoms. The van der Waals surface area contributed by atoms with Gasteiger partial charge in [0.25, 0.3) is 0 Å². The standard InChI is InChI=1S/C7H9NO3.CH4/c1-6(2)7(10)11-4-3-8-5-9;/h1,3-4H2,2H3;1H4. The summed E-state index contributed by atoms with van der Waals surface area (Å²) in [6.45, 7) is 5.17. The van der Waals surface area contributed by atoms with Crippen molar-refractivity contribution >= 4 is 12.0 Å². The molecule has 0 atom stereocenters. The molecular formula is C8H13NO3. The molecule has 0 unspecified atom stereocenters. The predicted molar refractivity (Wildman–Crippen MR) is 45.5 cm³/mol. The molecule has 0 aliphatic heterocycles. The van der Waals surface area contributed by atoms with Crippen molar-refractivity contribution in [2.45, 2.75) is 14.4 Å². The maximum atomic E-state index is 10.6. The molecule has 0 radical (unpaired) electrons. The minimum absolute atomic E-state index is 0. The molecule has 0 saturated heterocycles. The Bertz CT molecular complexity index is 204. The van der Waals surface area contributed by atoms with Gasteiger partial charge in [-0.25, -0.2) is 14.6 Å². The van der Waals surface area contributed by atoms with Crippen molar-refractivity contribution in [2.24, 2.45) is 4.99 Å². The summed E-state index contributed by atoms with van der Waals surface area (Å²) in [6, 6.07) is 0. The average molecular weight is 171 g/mol. The molecule has 0 aliphatic rings. The van der Waals surface area contributed by atoms with E-state index in [2.05, 4.69) is 16.3 Å². The second kappa shape index (κ2) is 7.69. The number of esters is 1. The van der Waals surface area contributed by atoms with Crippen molar-refractivity contribution < 1.29 is 14.3 Å². The molecule has 0 rings (SSSR count). The first-order chi connectivity index (χ1) is 5.18. The lowest BCUT2D eigenvalue weighted by molar-refractivity contribution is -0.138. The monoisotopic (exact) mass is 171 g/mol. The highest BCUT2D eigenvalue weighted by atomic mass is 16.5. The van der Waals surface area contributed by atoms with Gasteiger partial charge in [0.2, 0.25) is 6.08 Å². The molecule has 4 nitrogen and oxygen atoms in total. The van der Waals surface area contributed by atoms with Crippen LogP contribution < -0.4 is 0 Å². The summed E-state index contributed by atoms with van der Waals surface area (Å²) in [7, 11) is 0. The van der Waals surface area contributed by atoms with E-state index in [0.717, 1.165) is 0 Å². The van der Waals surface area contributed by atoms with Crippen molar-refractivity contribution in [3.05, 3.63) is 12.2 Å². The Hall–Kier alpha value is -1.41. The van der Waals surface area contributed by atoms with E-state index >= 15 is 0 Å². The summed E-state index contributed by atoms with van der Waals surface area (Å²) in [4.78, 5) is 23.4. The molecule has 0 aromatic rings. The Morgan fingerprint density at radius 1 is 1.67 bits per heavy atom. The topological polar surface area (TPSA) is 55.7 Å². The van der Waals surface area contributed by atoms with E-state index in [1.165, 1.54) is 6.08 Å². The molecule has 0 aliphatic carbocycles. The smallest absolute Gasteiger partial charge is 0.333 e. The Labute approximate surface area is 71.9 Å². The summed E-state index contributed by atoms with van der Waals surface area (Å²) in [5.41, 5.74) is 0.333. The lowest BCUT2D eigenvalue weighted by atomic mass is 10.4. The Morgan fingerprint density at radius 3 is 2.67 bits per heavy atom. The van der Waals surface area contributed by atoms with Crippen LogP contribution in [0.4, 0.5) is 0 Å². The molecule has 0 heterocycles. The molecule has 0 aromatic carbocycles. The number of aliphatic imine (C=N–C) groups is 1. The summed E-state index contributed by atoms with van der Waals surface area (Å²) >= 11 is 0. The average Bonchev–Trinajstić information content (AvgIpc) is 1.97. The van der Waals surface area contributed by atoms with Gasteiger partial charge in [0, 0.05) is 5.57 Å². The van der Waals surface area contributed by atoms with Gasteiger partial charge in [-0.05, 0) is 6.92 Å². The van der Waals surface area contributed by atoms with Crippen molar-refractivity contribution in [2.75, 3.05) is 13.2 Å². The van der Waals surface area contributed by atoms with Gasteiger partial charge in [0.1, 0.15) is 6.61 Å². The van der Waals surface area contributed by atoms with E-state index < -0.39 is 5.97 Å². The highest BCUT2D eigenvalue weighted by Crippen LogP contribution is 1.90. The van der Waals surface area contributed by atoms with Gasteiger partial charge in [0.15, 0.2) is 0 Å². The van der Waals surface area contributed by atoms with Gasteiger partial charge in [-0.15, -0.1) is 0 Å². The van der Waals surface area contributed by atoms with Gasteiger partial charge >= 0.3 is 5.97 Å². The molecule has 0 bridgehead atoms. The quantitative estimate of drug-likeness (QED) is 0.209. The summed E-state index contributed by atoms with van der Waals surface area (Å²) < 4.78 is 4.59. The van der Waals surface area contributed by atoms with Crippen molar-refractivity contribution in [3.8, 4) is 0 Å². The maximum absolute atomic E-state index is 10.6. The zero-order chi connectivity index (χ0) is 8.69. The van der Waals surface area contributed by atoms with E-state index in [4.69, 9.17) is 0 Å². The molecular weight excluding hydrogens is 158 g/mol. The first-order valence-electron chi connectivity index (χ1n) is 3.04. The van der Waals surface area contributed by atoms with Crippen LogP contribution in [0, 0.1) is 0 Å². The number of carbonyl (C=O) groups excluding carboxylic acids is 2. The molecule has 0 saturated carbocycles. The zero-order valence-electron chi connectivity index (χ0n) is 6.29. The number of nitrogens with zero attached hydrogens (tertiary/aromatic N) is 1. The largest absolute Gasteiger partial charge is 0.460 e. The zero-order valence-corrected chi connectivity index (χ0v) is 6.29. The van der Waals surface area contributed by atoms with E-state index in [1.54, 1.807) is 6.92 Å². The van der Waals surface area contributed by atoms with Crippen LogP contribution in [-0.4, -0.2) is 25.2 Å². The highest BCUT2D eigenvalue weighted by Gasteiger charge is 2.00. The third-order valence-corrected chi connectivity index (χ3v) is 0.849. The lowest BCUT2D eigenvalue weighted by Crippen LogP contribution is -2.07. The minimum atomic E-state index is -0.467. The van der Waals surface area contributed by atoms with E-state index in [-0.39, 0.29) is 20.6 Å². The fourth-order valence-electron chi connectivity index (χ4n) is 0.353. The fourth-order valence-corrected chi connectivity index (χ4v) is 0.353. The second-order valence-electron chi connectivity index (χ2n) is 1.89. The van der Waals surface area contributed by atoms with E-state index in [9.17, 15) is 9.59 Å². The van der Waals surface area contributed by atoms with Crippen LogP contribution in [-0.2, 0) is 14.3 Å². The maximum Gasteiger partial charge on any atom is 0.333 e. The first kappa shape index (κ1) is 13.2. The van der Waals surface area contributed by atoms with Gasteiger partial charge in [0.05, 0.1) is 6.54 Å². The van der Waals surface area contributed by atoms with Crippen molar-refractivity contribution in [3.63, 3.8) is 0 Å². The molecule has 0 aromatic heterocycles. The Kier molecular flexibility index (Phi) is 8.46. The number of carbonyl (C=O) groups is 1. The molecule has 0 fully saturated rings. The van der Waals surface area contributed by atoms with Crippen LogP contribution in [0.5, 0.6) is 0 Å². The molecule has 0 amide bonds.